The van der Waals surface area contributed by atoms with Crippen LogP contribution in [-0.4, -0.2) is 37.0 Å². The number of pyridine rings is 1. The van der Waals surface area contributed by atoms with Crippen LogP contribution >= 0.6 is 24.4 Å². The van der Waals surface area contributed by atoms with Crippen LogP contribution in [0, 0.1) is 10.7 Å². The third-order valence-corrected chi connectivity index (χ3v) is 4.11. The lowest BCUT2D eigenvalue weighted by atomic mass is 9.80. The Morgan fingerprint density at radius 2 is 1.64 bits per heavy atom. The molecule has 1 atom stereocenters. The van der Waals surface area contributed by atoms with Gasteiger partial charge in [-0.05, 0) is 42.1 Å². The second-order valence-electron chi connectivity index (χ2n) is 5.21. The number of aromatic amines is 2. The molecule has 3 heterocycles. The van der Waals surface area contributed by atoms with E-state index in [1.165, 1.54) is 12.4 Å². The predicted molar refractivity (Wildman–Crippen MR) is 92.4 cm³/mol. The Morgan fingerprint density at radius 1 is 1.04 bits per heavy atom. The third kappa shape index (κ3) is 3.19. The molecule has 0 unspecified atom stereocenters. The number of H-pyrrole nitrogens is 2. The van der Waals surface area contributed by atoms with Crippen LogP contribution in [0.1, 0.15) is 17.0 Å². The first kappa shape index (κ1) is 16.9. The summed E-state index contributed by atoms with van der Waals surface area (Å²) in [6.07, 6.45) is 2.89. The molecule has 0 radical (unpaired) electrons. The number of carbonyl (C=O) groups excluding carboxylic acids is 2. The van der Waals surface area contributed by atoms with Crippen LogP contribution in [0.5, 0.6) is 5.88 Å². The second kappa shape index (κ2) is 6.53. The summed E-state index contributed by atoms with van der Waals surface area (Å²) in [7, 11) is 0. The molecule has 0 aliphatic carbocycles. The maximum absolute atomic E-state index is 12.4. The number of amides is 2. The van der Waals surface area contributed by atoms with Crippen molar-refractivity contribution in [2.45, 2.75) is 5.92 Å². The molecule has 1 saturated heterocycles. The largest absolute Gasteiger partial charge is 0.494 e. The topological polar surface area (TPSA) is 140 Å². The molecule has 2 aromatic rings. The molecule has 5 N–H and O–H groups in total. The van der Waals surface area contributed by atoms with Gasteiger partial charge in [-0.2, -0.15) is 0 Å². The number of nitrogens with zero attached hydrogens (tertiary/aromatic N) is 1. The standard InChI is InChI=1S/C14H11N5O4S2/c20-9-7(10(21)17-13(24)16-9)6(5-1-3-15-4-2-5)8-11(22)18-14(25)19-12(8)23/h1-4,6-7H,(H2,16,17,20,21,24)(H3,18,19,22,23,25)/t6-/m0/s1. The lowest BCUT2D eigenvalue weighted by molar-refractivity contribution is -0.135. The van der Waals surface area contributed by atoms with Crippen molar-refractivity contribution in [3.63, 3.8) is 0 Å². The van der Waals surface area contributed by atoms with E-state index in [0.717, 1.165) is 0 Å². The molecule has 128 valence electrons. The normalized spacial score (nSPS) is 16.2. The Kier molecular flexibility index (Phi) is 4.42. The van der Waals surface area contributed by atoms with E-state index in [0.29, 0.717) is 5.56 Å². The molecule has 1 aliphatic heterocycles. The summed E-state index contributed by atoms with van der Waals surface area (Å²) in [5.74, 6) is -4.30. The summed E-state index contributed by atoms with van der Waals surface area (Å²) in [5.41, 5.74) is -0.468. The van der Waals surface area contributed by atoms with E-state index in [1.807, 2.05) is 0 Å². The highest BCUT2D eigenvalue weighted by Crippen LogP contribution is 2.34. The molecule has 0 saturated carbocycles. The van der Waals surface area contributed by atoms with Gasteiger partial charge < -0.3 is 20.7 Å². The number of hydrogen-bond donors (Lipinski definition) is 5. The number of aromatic hydroxyl groups is 1. The second-order valence-corrected chi connectivity index (χ2v) is 6.03. The van der Waals surface area contributed by atoms with E-state index < -0.39 is 35.1 Å². The highest BCUT2D eigenvalue weighted by atomic mass is 32.1. The lowest BCUT2D eigenvalue weighted by Crippen LogP contribution is -2.57. The average Bonchev–Trinajstić information content (AvgIpc) is 2.52. The highest BCUT2D eigenvalue weighted by Gasteiger charge is 2.42. The summed E-state index contributed by atoms with van der Waals surface area (Å²) in [6.45, 7) is 0. The molecule has 25 heavy (non-hydrogen) atoms. The fourth-order valence-corrected chi connectivity index (χ4v) is 3.09. The zero-order valence-corrected chi connectivity index (χ0v) is 14.0. The van der Waals surface area contributed by atoms with Crippen molar-refractivity contribution in [3.05, 3.63) is 50.8 Å². The molecule has 0 bridgehead atoms. The van der Waals surface area contributed by atoms with E-state index in [2.05, 4.69) is 25.6 Å². The van der Waals surface area contributed by atoms with Gasteiger partial charge in [0.1, 0.15) is 5.92 Å². The zero-order chi connectivity index (χ0) is 18.1. The van der Waals surface area contributed by atoms with Gasteiger partial charge >= 0.3 is 0 Å². The van der Waals surface area contributed by atoms with E-state index in [-0.39, 0.29) is 15.4 Å². The molecule has 2 amide bonds. The molecule has 9 nitrogen and oxygen atoms in total. The van der Waals surface area contributed by atoms with E-state index >= 15 is 0 Å². The Bertz CT molecular complexity index is 965. The smallest absolute Gasteiger partial charge is 0.259 e. The van der Waals surface area contributed by atoms with Crippen LogP contribution in [0.4, 0.5) is 0 Å². The van der Waals surface area contributed by atoms with Gasteiger partial charge in [0.05, 0.1) is 5.56 Å². The van der Waals surface area contributed by atoms with Crippen molar-refractivity contribution in [1.82, 2.24) is 25.6 Å². The van der Waals surface area contributed by atoms with Crippen LogP contribution < -0.4 is 16.2 Å². The SMILES string of the molecule is O=C1NC(=S)NC(=O)C1[C@H](c1ccncc1)c1c(O)[nH]c(=S)[nH]c1=O. The predicted octanol–water partition coefficient (Wildman–Crippen LogP) is -0.188. The van der Waals surface area contributed by atoms with Gasteiger partial charge in [0.15, 0.2) is 15.8 Å². The zero-order valence-electron chi connectivity index (χ0n) is 12.4. The van der Waals surface area contributed by atoms with Crippen molar-refractivity contribution in [2.24, 2.45) is 5.92 Å². The quantitative estimate of drug-likeness (QED) is 0.369. The fraction of sp³-hybridized carbons (Fsp3) is 0.143. The first-order chi connectivity index (χ1) is 11.9. The summed E-state index contributed by atoms with van der Waals surface area (Å²) in [5, 5.41) is 14.8. The first-order valence-electron chi connectivity index (χ1n) is 6.99. The number of aromatic nitrogens is 3. The van der Waals surface area contributed by atoms with Crippen LogP contribution in [0.15, 0.2) is 29.3 Å². The number of carbonyl (C=O) groups is 2. The molecule has 2 aromatic heterocycles. The number of rotatable bonds is 3. The van der Waals surface area contributed by atoms with Gasteiger partial charge in [0.25, 0.3) is 5.56 Å². The molecule has 0 spiro atoms. The van der Waals surface area contributed by atoms with Gasteiger partial charge in [-0.3, -0.25) is 24.4 Å². The fourth-order valence-electron chi connectivity index (χ4n) is 2.70. The maximum atomic E-state index is 12.4. The van der Waals surface area contributed by atoms with Crippen molar-refractivity contribution in [1.29, 1.82) is 0 Å². The maximum Gasteiger partial charge on any atom is 0.259 e. The van der Waals surface area contributed by atoms with Crippen LogP contribution in [-0.2, 0) is 9.59 Å². The first-order valence-corrected chi connectivity index (χ1v) is 7.81. The monoisotopic (exact) mass is 377 g/mol. The molecular weight excluding hydrogens is 366 g/mol. The van der Waals surface area contributed by atoms with E-state index in [9.17, 15) is 19.5 Å². The Hall–Kier alpha value is -2.92. The van der Waals surface area contributed by atoms with Crippen molar-refractivity contribution in [3.8, 4) is 5.88 Å². The lowest BCUT2D eigenvalue weighted by Gasteiger charge is -2.29. The average molecular weight is 377 g/mol. The minimum Gasteiger partial charge on any atom is -0.494 e. The van der Waals surface area contributed by atoms with Crippen molar-refractivity contribution >= 4 is 41.4 Å². The molecule has 3 rings (SSSR count). The van der Waals surface area contributed by atoms with Gasteiger partial charge in [0, 0.05) is 18.3 Å². The molecule has 1 fully saturated rings. The van der Waals surface area contributed by atoms with Crippen LogP contribution in [0.3, 0.4) is 0 Å². The Labute approximate surface area is 150 Å². The van der Waals surface area contributed by atoms with Gasteiger partial charge in [-0.15, -0.1) is 0 Å². The Morgan fingerprint density at radius 3 is 2.20 bits per heavy atom. The van der Waals surface area contributed by atoms with Gasteiger partial charge in [0.2, 0.25) is 11.8 Å². The van der Waals surface area contributed by atoms with Crippen molar-refractivity contribution < 1.29 is 14.7 Å². The summed E-state index contributed by atoms with van der Waals surface area (Å²) in [4.78, 5) is 45.8. The molecular formula is C14H11N5O4S2. The minimum absolute atomic E-state index is 0.0848. The molecule has 11 heteroatoms. The number of hydrogen-bond acceptors (Lipinski definition) is 7. The Balaban J connectivity index is 2.24. The van der Waals surface area contributed by atoms with Crippen LogP contribution in [0.2, 0.25) is 0 Å². The van der Waals surface area contributed by atoms with E-state index in [4.69, 9.17) is 24.4 Å². The van der Waals surface area contributed by atoms with E-state index in [1.54, 1.807) is 12.1 Å². The molecule has 0 aromatic carbocycles. The number of nitrogens with one attached hydrogen (secondary N) is 4. The van der Waals surface area contributed by atoms with Crippen molar-refractivity contribution in [2.75, 3.05) is 0 Å². The highest BCUT2D eigenvalue weighted by molar-refractivity contribution is 7.80. The number of thiocarbonyl (C=S) groups is 1. The molecule has 1 aliphatic rings. The summed E-state index contributed by atoms with van der Waals surface area (Å²) >= 11 is 9.60. The van der Waals surface area contributed by atoms with Gasteiger partial charge in [-0.1, -0.05) is 0 Å². The summed E-state index contributed by atoms with van der Waals surface area (Å²) < 4.78 is -0.0848. The van der Waals surface area contributed by atoms with Crippen LogP contribution in [0.25, 0.3) is 0 Å². The van der Waals surface area contributed by atoms with Gasteiger partial charge in [-0.25, -0.2) is 0 Å². The summed E-state index contributed by atoms with van der Waals surface area (Å²) in [6, 6.07) is 3.08. The third-order valence-electron chi connectivity index (χ3n) is 3.71. The minimum atomic E-state index is -1.33.